The number of methoxy groups -OCH3 is 2. The molecule has 0 bridgehead atoms. The Balaban J connectivity index is 1.49. The molecule has 29 heavy (non-hydrogen) atoms. The molecule has 0 aliphatic carbocycles. The summed E-state index contributed by atoms with van der Waals surface area (Å²) in [5.41, 5.74) is 3.79. The van der Waals surface area contributed by atoms with Gasteiger partial charge in [-0.05, 0) is 53.9 Å². The summed E-state index contributed by atoms with van der Waals surface area (Å²) in [4.78, 5) is 18.9. The van der Waals surface area contributed by atoms with Crippen LogP contribution in [0.25, 0.3) is 0 Å². The van der Waals surface area contributed by atoms with Gasteiger partial charge in [0.15, 0.2) is 11.5 Å². The summed E-state index contributed by atoms with van der Waals surface area (Å²) in [5, 5.41) is 2.83. The lowest BCUT2D eigenvalue weighted by Gasteiger charge is -2.31. The van der Waals surface area contributed by atoms with Crippen molar-refractivity contribution in [1.29, 1.82) is 0 Å². The molecular formula is C22H23N3O4. The Morgan fingerprint density at radius 1 is 1.17 bits per heavy atom. The molecule has 1 aliphatic heterocycles. The Morgan fingerprint density at radius 2 is 1.97 bits per heavy atom. The number of ether oxygens (including phenoxy) is 2. The van der Waals surface area contributed by atoms with Gasteiger partial charge in [-0.2, -0.15) is 0 Å². The highest BCUT2D eigenvalue weighted by molar-refractivity contribution is 5.93. The van der Waals surface area contributed by atoms with E-state index in [9.17, 15) is 4.79 Å². The van der Waals surface area contributed by atoms with Gasteiger partial charge in [0.25, 0.3) is 5.91 Å². The Hall–Kier alpha value is -3.48. The van der Waals surface area contributed by atoms with Crippen molar-refractivity contribution in [2.45, 2.75) is 19.5 Å². The number of furan rings is 1. The Morgan fingerprint density at radius 3 is 2.69 bits per heavy atom. The molecule has 0 unspecified atom stereocenters. The van der Waals surface area contributed by atoms with E-state index in [1.54, 1.807) is 32.7 Å². The van der Waals surface area contributed by atoms with Crippen LogP contribution >= 0.6 is 0 Å². The van der Waals surface area contributed by atoms with Crippen LogP contribution in [0.3, 0.4) is 0 Å². The molecule has 0 saturated heterocycles. The molecule has 0 atom stereocenters. The number of fused-ring (bicyclic) bond motifs is 1. The predicted molar refractivity (Wildman–Crippen MR) is 108 cm³/mol. The molecule has 1 aliphatic rings. The first kappa shape index (κ1) is 18.9. The monoisotopic (exact) mass is 393 g/mol. The fourth-order valence-electron chi connectivity index (χ4n) is 3.51. The average molecular weight is 393 g/mol. The first-order chi connectivity index (χ1) is 14.2. The molecule has 1 amide bonds. The highest BCUT2D eigenvalue weighted by Gasteiger charge is 2.20. The molecule has 0 saturated carbocycles. The van der Waals surface area contributed by atoms with E-state index in [0.717, 1.165) is 36.7 Å². The quantitative estimate of drug-likeness (QED) is 0.693. The Bertz CT molecular complexity index is 1000. The fraction of sp³-hybridized carbons (Fsp3) is 0.273. The zero-order valence-electron chi connectivity index (χ0n) is 16.5. The smallest absolute Gasteiger partial charge is 0.270 e. The standard InChI is InChI=1S/C22H23N3O4/c1-27-20-10-15-6-8-25(14-16(15)11-21(20)28-2)17-5-7-23-19(12-17)22(26)24-13-18-4-3-9-29-18/h3-5,7,9-12H,6,8,13-14H2,1-2H3,(H,24,26). The summed E-state index contributed by atoms with van der Waals surface area (Å²) < 4.78 is 16.1. The average Bonchev–Trinajstić information content (AvgIpc) is 3.29. The van der Waals surface area contributed by atoms with E-state index < -0.39 is 0 Å². The largest absolute Gasteiger partial charge is 0.493 e. The molecule has 3 aromatic rings. The molecule has 0 radical (unpaired) electrons. The van der Waals surface area contributed by atoms with Gasteiger partial charge in [0, 0.05) is 25.0 Å². The van der Waals surface area contributed by atoms with E-state index in [1.807, 2.05) is 30.3 Å². The van der Waals surface area contributed by atoms with E-state index in [2.05, 4.69) is 15.2 Å². The van der Waals surface area contributed by atoms with Crippen LogP contribution < -0.4 is 19.7 Å². The number of pyridine rings is 1. The first-order valence-corrected chi connectivity index (χ1v) is 9.43. The van der Waals surface area contributed by atoms with Crippen molar-refractivity contribution in [1.82, 2.24) is 10.3 Å². The summed E-state index contributed by atoms with van der Waals surface area (Å²) in [5.74, 6) is 1.94. The Kier molecular flexibility index (Phi) is 5.37. The maximum absolute atomic E-state index is 12.5. The lowest BCUT2D eigenvalue weighted by Crippen LogP contribution is -2.31. The summed E-state index contributed by atoms with van der Waals surface area (Å²) in [6, 6.07) is 11.4. The molecule has 7 nitrogen and oxygen atoms in total. The normalized spacial score (nSPS) is 13.0. The molecular weight excluding hydrogens is 370 g/mol. The van der Waals surface area contributed by atoms with Crippen LogP contribution in [0.1, 0.15) is 27.4 Å². The van der Waals surface area contributed by atoms with Gasteiger partial charge in [-0.15, -0.1) is 0 Å². The lowest BCUT2D eigenvalue weighted by molar-refractivity contribution is 0.0943. The van der Waals surface area contributed by atoms with Crippen molar-refractivity contribution in [3.05, 3.63) is 71.4 Å². The highest BCUT2D eigenvalue weighted by atomic mass is 16.5. The van der Waals surface area contributed by atoms with Gasteiger partial charge < -0.3 is 24.1 Å². The number of anilines is 1. The van der Waals surface area contributed by atoms with Crippen molar-refractivity contribution in [2.75, 3.05) is 25.7 Å². The molecule has 3 heterocycles. The van der Waals surface area contributed by atoms with Crippen LogP contribution in [0.2, 0.25) is 0 Å². The zero-order chi connectivity index (χ0) is 20.2. The van der Waals surface area contributed by atoms with E-state index in [4.69, 9.17) is 13.9 Å². The van der Waals surface area contributed by atoms with Crippen molar-refractivity contribution >= 4 is 11.6 Å². The van der Waals surface area contributed by atoms with Gasteiger partial charge >= 0.3 is 0 Å². The van der Waals surface area contributed by atoms with Crippen LogP contribution in [-0.2, 0) is 19.5 Å². The molecule has 1 aromatic carbocycles. The van der Waals surface area contributed by atoms with Crippen molar-refractivity contribution in [3.63, 3.8) is 0 Å². The van der Waals surface area contributed by atoms with E-state index in [0.29, 0.717) is 18.0 Å². The molecule has 1 N–H and O–H groups in total. The third-order valence-electron chi connectivity index (χ3n) is 5.06. The van der Waals surface area contributed by atoms with Crippen LogP contribution in [-0.4, -0.2) is 31.7 Å². The number of nitrogens with zero attached hydrogens (tertiary/aromatic N) is 2. The third kappa shape index (κ3) is 4.03. The zero-order valence-corrected chi connectivity index (χ0v) is 16.5. The molecule has 7 heteroatoms. The van der Waals surface area contributed by atoms with Crippen molar-refractivity contribution < 1.29 is 18.7 Å². The Labute approximate surface area is 169 Å². The van der Waals surface area contributed by atoms with Gasteiger partial charge in [-0.1, -0.05) is 0 Å². The van der Waals surface area contributed by atoms with Gasteiger partial charge in [0.1, 0.15) is 11.5 Å². The van der Waals surface area contributed by atoms with E-state index in [1.165, 1.54) is 11.1 Å². The van der Waals surface area contributed by atoms with Crippen molar-refractivity contribution in [2.24, 2.45) is 0 Å². The number of carbonyl (C=O) groups is 1. The summed E-state index contributed by atoms with van der Waals surface area (Å²) >= 11 is 0. The van der Waals surface area contributed by atoms with Crippen LogP contribution in [0.4, 0.5) is 5.69 Å². The van der Waals surface area contributed by atoms with E-state index >= 15 is 0 Å². The number of hydrogen-bond acceptors (Lipinski definition) is 6. The summed E-state index contributed by atoms with van der Waals surface area (Å²) in [6.45, 7) is 1.91. The number of hydrogen-bond donors (Lipinski definition) is 1. The molecule has 2 aromatic heterocycles. The van der Waals surface area contributed by atoms with E-state index in [-0.39, 0.29) is 5.91 Å². The minimum atomic E-state index is -0.230. The van der Waals surface area contributed by atoms with Crippen LogP contribution in [0, 0.1) is 0 Å². The topological polar surface area (TPSA) is 76.8 Å². The van der Waals surface area contributed by atoms with Gasteiger partial charge in [-0.25, -0.2) is 0 Å². The van der Waals surface area contributed by atoms with Gasteiger partial charge in [0.2, 0.25) is 0 Å². The molecule has 0 spiro atoms. The van der Waals surface area contributed by atoms with Crippen LogP contribution in [0.15, 0.2) is 53.3 Å². The van der Waals surface area contributed by atoms with Gasteiger partial charge in [-0.3, -0.25) is 9.78 Å². The minimum Gasteiger partial charge on any atom is -0.493 e. The second-order valence-electron chi connectivity index (χ2n) is 6.81. The maximum atomic E-state index is 12.5. The molecule has 150 valence electrons. The number of carbonyl (C=O) groups excluding carboxylic acids is 1. The summed E-state index contributed by atoms with van der Waals surface area (Å²) in [7, 11) is 3.29. The number of amides is 1. The van der Waals surface area contributed by atoms with Crippen LogP contribution in [0.5, 0.6) is 11.5 Å². The third-order valence-corrected chi connectivity index (χ3v) is 5.06. The van der Waals surface area contributed by atoms with Gasteiger partial charge in [0.05, 0.1) is 27.0 Å². The molecule has 0 fully saturated rings. The number of aromatic nitrogens is 1. The highest BCUT2D eigenvalue weighted by Crippen LogP contribution is 2.34. The maximum Gasteiger partial charge on any atom is 0.270 e. The number of nitrogens with one attached hydrogen (secondary N) is 1. The second kappa shape index (κ2) is 8.26. The second-order valence-corrected chi connectivity index (χ2v) is 6.81. The number of benzene rings is 1. The predicted octanol–water partition coefficient (Wildman–Crippen LogP) is 3.18. The molecule has 4 rings (SSSR count). The summed E-state index contributed by atoms with van der Waals surface area (Å²) in [6.07, 6.45) is 4.14. The van der Waals surface area contributed by atoms with Crippen molar-refractivity contribution in [3.8, 4) is 11.5 Å². The lowest BCUT2D eigenvalue weighted by atomic mass is 9.98. The SMILES string of the molecule is COc1cc2c(cc1OC)CN(c1ccnc(C(=O)NCc3ccco3)c1)CC2. The number of rotatable bonds is 6. The first-order valence-electron chi connectivity index (χ1n) is 9.43. The minimum absolute atomic E-state index is 0.230. The fourth-order valence-corrected chi connectivity index (χ4v) is 3.51.